The number of ether oxygens (including phenoxy) is 2. The summed E-state index contributed by atoms with van der Waals surface area (Å²) in [6.45, 7) is 4.85. The molecule has 3 N–H and O–H groups in total. The Bertz CT molecular complexity index is 1120. The van der Waals surface area contributed by atoms with E-state index in [2.05, 4.69) is 21.7 Å². The van der Waals surface area contributed by atoms with E-state index in [0.717, 1.165) is 39.0 Å². The Labute approximate surface area is 167 Å². The minimum absolute atomic E-state index is 0.0577. The topological polar surface area (TPSA) is 75.4 Å². The van der Waals surface area contributed by atoms with Crippen molar-refractivity contribution in [2.24, 2.45) is 0 Å². The van der Waals surface area contributed by atoms with Gasteiger partial charge >= 0.3 is 0 Å². The normalized spacial score (nSPS) is 12.2. The van der Waals surface area contributed by atoms with Gasteiger partial charge < -0.3 is 25.1 Å². The predicted octanol–water partition coefficient (Wildman–Crippen LogP) is 3.40. The lowest BCUT2D eigenvalue weighted by Crippen LogP contribution is -2.31. The zero-order valence-electron chi connectivity index (χ0n) is 15.7. The van der Waals surface area contributed by atoms with Crippen LogP contribution in [0.15, 0.2) is 41.2 Å². The Kier molecular flexibility index (Phi) is 4.92. The molecular formula is C21H21N3O3S. The van der Waals surface area contributed by atoms with E-state index in [1.807, 2.05) is 44.2 Å². The van der Waals surface area contributed by atoms with Crippen LogP contribution >= 0.6 is 12.2 Å². The van der Waals surface area contributed by atoms with E-state index in [1.165, 1.54) is 0 Å². The minimum atomic E-state index is -0.0577. The first-order chi connectivity index (χ1) is 13.5. The molecule has 0 amide bonds. The Morgan fingerprint density at radius 2 is 1.96 bits per heavy atom. The summed E-state index contributed by atoms with van der Waals surface area (Å²) >= 11 is 5.34. The molecule has 0 spiro atoms. The summed E-state index contributed by atoms with van der Waals surface area (Å²) in [7, 11) is 0. The van der Waals surface area contributed by atoms with Gasteiger partial charge in [0.1, 0.15) is 0 Å². The summed E-state index contributed by atoms with van der Waals surface area (Å²) in [6, 6.07) is 11.6. The van der Waals surface area contributed by atoms with Gasteiger partial charge in [0.15, 0.2) is 16.6 Å². The molecule has 0 saturated heterocycles. The van der Waals surface area contributed by atoms with Gasteiger partial charge in [-0.25, -0.2) is 0 Å². The molecule has 28 heavy (non-hydrogen) atoms. The van der Waals surface area contributed by atoms with E-state index in [-0.39, 0.29) is 12.4 Å². The Morgan fingerprint density at radius 1 is 1.14 bits per heavy atom. The maximum atomic E-state index is 12.4. The Hall–Kier alpha value is -3.06. The number of aromatic amines is 1. The molecule has 3 aromatic rings. The number of rotatable bonds is 4. The van der Waals surface area contributed by atoms with Crippen molar-refractivity contribution in [3.8, 4) is 11.5 Å². The molecule has 0 bridgehead atoms. The van der Waals surface area contributed by atoms with Crippen LogP contribution < -0.4 is 25.7 Å². The maximum Gasteiger partial charge on any atom is 0.251 e. The van der Waals surface area contributed by atoms with Crippen molar-refractivity contribution in [3.05, 3.63) is 63.4 Å². The number of H-pyrrole nitrogens is 1. The third-order valence-corrected chi connectivity index (χ3v) is 5.18. The van der Waals surface area contributed by atoms with Crippen molar-refractivity contribution >= 4 is 33.9 Å². The third-order valence-electron chi connectivity index (χ3n) is 4.94. The molecule has 0 aliphatic carbocycles. The summed E-state index contributed by atoms with van der Waals surface area (Å²) < 4.78 is 10.7. The summed E-state index contributed by atoms with van der Waals surface area (Å²) in [5, 5.41) is 7.78. The molecule has 6 nitrogen and oxygen atoms in total. The molecule has 1 aliphatic rings. The number of thiocarbonyl (C=S) groups is 1. The lowest BCUT2D eigenvalue weighted by molar-refractivity contribution is 0.174. The van der Waals surface area contributed by atoms with Gasteiger partial charge in [0.25, 0.3) is 5.56 Å². The molecule has 1 aromatic heterocycles. The van der Waals surface area contributed by atoms with Crippen LogP contribution in [-0.2, 0) is 6.42 Å². The van der Waals surface area contributed by atoms with Crippen molar-refractivity contribution in [3.63, 3.8) is 0 Å². The average molecular weight is 395 g/mol. The number of pyridine rings is 1. The molecule has 2 heterocycles. The highest BCUT2D eigenvalue weighted by atomic mass is 32.1. The molecule has 0 atom stereocenters. The molecule has 1 aliphatic heterocycles. The van der Waals surface area contributed by atoms with Gasteiger partial charge in [-0.15, -0.1) is 0 Å². The summed E-state index contributed by atoms with van der Waals surface area (Å²) in [6.07, 6.45) is 0.571. The van der Waals surface area contributed by atoms with Crippen LogP contribution in [0.3, 0.4) is 0 Å². The van der Waals surface area contributed by atoms with Crippen LogP contribution in [-0.4, -0.2) is 23.4 Å². The molecule has 7 heteroatoms. The van der Waals surface area contributed by atoms with Gasteiger partial charge in [0.2, 0.25) is 6.79 Å². The molecule has 2 aromatic carbocycles. The molecule has 144 valence electrons. The number of anilines is 1. The summed E-state index contributed by atoms with van der Waals surface area (Å²) in [5.41, 5.74) is 4.66. The fourth-order valence-electron chi connectivity index (χ4n) is 3.22. The number of hydrogen-bond acceptors (Lipinski definition) is 4. The molecule has 0 saturated carbocycles. The van der Waals surface area contributed by atoms with E-state index in [1.54, 1.807) is 0 Å². The van der Waals surface area contributed by atoms with Crippen molar-refractivity contribution in [2.45, 2.75) is 20.3 Å². The number of nitrogens with one attached hydrogen (secondary N) is 3. The van der Waals surface area contributed by atoms with Crippen LogP contribution in [0.25, 0.3) is 10.9 Å². The van der Waals surface area contributed by atoms with Crippen molar-refractivity contribution < 1.29 is 9.47 Å². The van der Waals surface area contributed by atoms with Gasteiger partial charge in [-0.05, 0) is 67.2 Å². The molecule has 0 radical (unpaired) electrons. The second-order valence-electron chi connectivity index (χ2n) is 6.79. The fraction of sp³-hybridized carbons (Fsp3) is 0.238. The smallest absolute Gasteiger partial charge is 0.251 e. The quantitative estimate of drug-likeness (QED) is 0.588. The largest absolute Gasteiger partial charge is 0.454 e. The van der Waals surface area contributed by atoms with Crippen molar-refractivity contribution in [2.75, 3.05) is 18.7 Å². The van der Waals surface area contributed by atoms with Crippen LogP contribution in [0, 0.1) is 13.8 Å². The first-order valence-corrected chi connectivity index (χ1v) is 9.49. The maximum absolute atomic E-state index is 12.4. The molecular weight excluding hydrogens is 374 g/mol. The number of aromatic nitrogens is 1. The third kappa shape index (κ3) is 3.66. The Morgan fingerprint density at radius 3 is 2.82 bits per heavy atom. The SMILES string of the molecule is Cc1ccc2cc(CCNC(=S)Nc3ccc4c(c3)OCO4)c(=O)[nH]c2c1C. The monoisotopic (exact) mass is 395 g/mol. The zero-order valence-corrected chi connectivity index (χ0v) is 16.5. The van der Waals surface area contributed by atoms with Crippen LogP contribution in [0.4, 0.5) is 5.69 Å². The first-order valence-electron chi connectivity index (χ1n) is 9.08. The highest BCUT2D eigenvalue weighted by Gasteiger charge is 2.13. The molecule has 0 unspecified atom stereocenters. The van der Waals surface area contributed by atoms with E-state index in [0.29, 0.717) is 23.8 Å². The van der Waals surface area contributed by atoms with Gasteiger partial charge in [0, 0.05) is 23.9 Å². The minimum Gasteiger partial charge on any atom is -0.454 e. The van der Waals surface area contributed by atoms with Crippen LogP contribution in [0.1, 0.15) is 16.7 Å². The number of aryl methyl sites for hydroxylation is 2. The van der Waals surface area contributed by atoms with Crippen molar-refractivity contribution in [1.29, 1.82) is 0 Å². The standard InChI is InChI=1S/C21H21N3O3S/c1-12-3-4-14-9-15(20(25)24-19(14)13(12)2)7-8-22-21(28)23-16-5-6-17-18(10-16)27-11-26-17/h3-6,9-10H,7-8,11H2,1-2H3,(H,24,25)(H2,22,23,28). The fourth-order valence-corrected chi connectivity index (χ4v) is 3.44. The second kappa shape index (κ2) is 7.52. The van der Waals surface area contributed by atoms with Crippen LogP contribution in [0.5, 0.6) is 11.5 Å². The van der Waals surface area contributed by atoms with Gasteiger partial charge in [0.05, 0.1) is 5.52 Å². The van der Waals surface area contributed by atoms with E-state index in [4.69, 9.17) is 21.7 Å². The lowest BCUT2D eigenvalue weighted by atomic mass is 10.0. The van der Waals surface area contributed by atoms with E-state index >= 15 is 0 Å². The van der Waals surface area contributed by atoms with Gasteiger partial charge in [-0.3, -0.25) is 4.79 Å². The molecule has 0 fully saturated rings. The second-order valence-corrected chi connectivity index (χ2v) is 7.20. The van der Waals surface area contributed by atoms with Crippen molar-refractivity contribution in [1.82, 2.24) is 10.3 Å². The highest BCUT2D eigenvalue weighted by molar-refractivity contribution is 7.80. The number of hydrogen-bond donors (Lipinski definition) is 3. The summed E-state index contributed by atoms with van der Waals surface area (Å²) in [5.74, 6) is 1.42. The van der Waals surface area contributed by atoms with Crippen LogP contribution in [0.2, 0.25) is 0 Å². The predicted molar refractivity (Wildman–Crippen MR) is 115 cm³/mol. The van der Waals surface area contributed by atoms with E-state index in [9.17, 15) is 4.79 Å². The summed E-state index contributed by atoms with van der Waals surface area (Å²) in [4.78, 5) is 15.4. The number of benzene rings is 2. The average Bonchev–Trinajstić information content (AvgIpc) is 3.14. The number of fused-ring (bicyclic) bond motifs is 2. The highest BCUT2D eigenvalue weighted by Crippen LogP contribution is 2.34. The zero-order chi connectivity index (χ0) is 19.7. The Balaban J connectivity index is 1.38. The lowest BCUT2D eigenvalue weighted by Gasteiger charge is -2.11. The van der Waals surface area contributed by atoms with E-state index < -0.39 is 0 Å². The van der Waals surface area contributed by atoms with Gasteiger partial charge in [-0.1, -0.05) is 12.1 Å². The first kappa shape index (κ1) is 18.3. The molecule has 4 rings (SSSR count). The van der Waals surface area contributed by atoms with Gasteiger partial charge in [-0.2, -0.15) is 0 Å².